The highest BCUT2D eigenvalue weighted by molar-refractivity contribution is 7.47. The van der Waals surface area contributed by atoms with Crippen molar-refractivity contribution < 1.29 is 42.1 Å². The molecule has 100 heavy (non-hydrogen) atoms. The number of hydrogen-bond donors (Lipinski definition) is 1. The van der Waals surface area contributed by atoms with E-state index in [1.807, 2.05) is 21.1 Å². The summed E-state index contributed by atoms with van der Waals surface area (Å²) in [5, 5.41) is 0. The van der Waals surface area contributed by atoms with E-state index >= 15 is 0 Å². The second-order valence-electron chi connectivity index (χ2n) is 30.2. The molecule has 0 aliphatic rings. The van der Waals surface area contributed by atoms with E-state index in [0.717, 1.165) is 77.0 Å². The molecule has 0 radical (unpaired) electrons. The number of nitrogens with zero attached hydrogens (tertiary/aromatic N) is 1. The molecule has 2 atom stereocenters. The SMILES string of the molecule is CC/C=C\C/C=C\C/C=C\C/C=C\C/C=C\C/C=C\C/C=C\CCCCCCCCCCCCCCCCCCCCCC(=O)OC(COC(=O)CCCCCCCCCCCCCCCCCCCCCCCCC/C=C\CCCCCCCCCC)COP(=O)(O)OCC[N+](C)(C)C. The number of likely N-dealkylation sites (N-methyl/N-ethyl adjacent to an activating group) is 1. The van der Waals surface area contributed by atoms with Crippen LogP contribution < -0.4 is 0 Å². The summed E-state index contributed by atoms with van der Waals surface area (Å²) in [6, 6.07) is 0. The number of unbranched alkanes of at least 4 members (excludes halogenated alkanes) is 50. The van der Waals surface area contributed by atoms with Gasteiger partial charge in [0.25, 0.3) is 0 Å². The number of rotatable bonds is 80. The lowest BCUT2D eigenvalue weighted by atomic mass is 10.0. The van der Waals surface area contributed by atoms with E-state index in [4.69, 9.17) is 18.5 Å². The monoisotopic (exact) mass is 1420 g/mol. The van der Waals surface area contributed by atoms with Crippen LogP contribution in [0.5, 0.6) is 0 Å². The summed E-state index contributed by atoms with van der Waals surface area (Å²) < 4.78 is 34.9. The van der Waals surface area contributed by atoms with Crippen LogP contribution in [-0.4, -0.2) is 74.9 Å². The standard InChI is InChI=1S/C90H164NO8P/c1-6-8-10-12-14-16-18-20-22-24-26-28-30-32-34-36-38-40-42-43-44-45-46-47-49-51-53-55-57-59-61-63-65-67-69-71-73-75-77-79-81-83-90(93)99-88(87-98-100(94,95)97-85-84-91(3,4)5)86-96-89(92)82-80-78-76-74-72-70-68-66-64-62-60-58-56-54-52-50-48-41-39-37-35-33-31-29-27-25-23-21-19-17-15-13-11-9-7-2/h8,10,14,16,20,22,25-28,32,34,38,40,43-44,88H,6-7,9,11-13,15,17-19,21,23-24,29-31,33,35-37,39,41-42,45-87H2,1-5H3/p+1/b10-8-,16-14-,22-20-,27-25-,28-26-,34-32-,40-38-,44-43-. The molecule has 582 valence electrons. The molecule has 0 bridgehead atoms. The van der Waals surface area contributed by atoms with Gasteiger partial charge in [-0.2, -0.15) is 0 Å². The predicted octanol–water partition coefficient (Wildman–Crippen LogP) is 29.0. The number of ether oxygens (including phenoxy) is 2. The normalized spacial score (nSPS) is 13.5. The topological polar surface area (TPSA) is 108 Å². The molecule has 0 aromatic heterocycles. The van der Waals surface area contributed by atoms with E-state index in [1.165, 1.54) is 302 Å². The van der Waals surface area contributed by atoms with Crippen LogP contribution in [0.3, 0.4) is 0 Å². The third kappa shape index (κ3) is 83.9. The number of phosphoric acid groups is 1. The number of carbonyl (C=O) groups is 2. The van der Waals surface area contributed by atoms with Gasteiger partial charge in [-0.05, 0) is 96.3 Å². The van der Waals surface area contributed by atoms with Gasteiger partial charge in [-0.25, -0.2) is 4.57 Å². The molecule has 0 heterocycles. The maximum absolute atomic E-state index is 12.9. The molecule has 0 aliphatic carbocycles. The second-order valence-corrected chi connectivity index (χ2v) is 31.6. The summed E-state index contributed by atoms with van der Waals surface area (Å²) in [5.74, 6) is -0.777. The fourth-order valence-corrected chi connectivity index (χ4v) is 13.3. The summed E-state index contributed by atoms with van der Waals surface area (Å²) in [5.41, 5.74) is 0. The number of allylic oxidation sites excluding steroid dienone is 16. The van der Waals surface area contributed by atoms with Crippen LogP contribution in [0.25, 0.3) is 0 Å². The Balaban J connectivity index is 3.90. The lowest BCUT2D eigenvalue weighted by molar-refractivity contribution is -0.870. The average Bonchev–Trinajstić information content (AvgIpc) is 1.30. The van der Waals surface area contributed by atoms with Crippen LogP contribution in [0, 0.1) is 0 Å². The third-order valence-corrected chi connectivity index (χ3v) is 20.1. The Morgan fingerprint density at radius 1 is 0.320 bits per heavy atom. The van der Waals surface area contributed by atoms with Gasteiger partial charge in [0.2, 0.25) is 0 Å². The average molecular weight is 1420 g/mol. The van der Waals surface area contributed by atoms with Gasteiger partial charge in [0.1, 0.15) is 19.8 Å². The second kappa shape index (κ2) is 80.0. The van der Waals surface area contributed by atoms with Crippen molar-refractivity contribution in [3.63, 3.8) is 0 Å². The zero-order valence-corrected chi connectivity index (χ0v) is 67.6. The number of carbonyl (C=O) groups excluding carboxylic acids is 2. The molecule has 0 spiro atoms. The van der Waals surface area contributed by atoms with Gasteiger partial charge < -0.3 is 18.9 Å². The van der Waals surface area contributed by atoms with Crippen LogP contribution >= 0.6 is 7.82 Å². The highest BCUT2D eigenvalue weighted by Crippen LogP contribution is 2.43. The minimum Gasteiger partial charge on any atom is -0.462 e. The zero-order valence-electron chi connectivity index (χ0n) is 66.7. The Morgan fingerprint density at radius 2 is 0.570 bits per heavy atom. The smallest absolute Gasteiger partial charge is 0.462 e. The molecule has 0 saturated carbocycles. The maximum Gasteiger partial charge on any atom is 0.472 e. The molecule has 9 nitrogen and oxygen atoms in total. The Labute approximate surface area is 621 Å². The Bertz CT molecular complexity index is 2010. The summed E-state index contributed by atoms with van der Waals surface area (Å²) in [6.45, 7) is 4.38. The zero-order chi connectivity index (χ0) is 72.5. The first kappa shape index (κ1) is 96.9. The van der Waals surface area contributed by atoms with Crippen LogP contribution in [0.15, 0.2) is 97.2 Å². The molecule has 1 N–H and O–H groups in total. The first-order valence-electron chi connectivity index (χ1n) is 43.0. The molecular weight excluding hydrogens is 1250 g/mol. The highest BCUT2D eigenvalue weighted by Gasteiger charge is 2.27. The first-order chi connectivity index (χ1) is 49.0. The summed E-state index contributed by atoms with van der Waals surface area (Å²) >= 11 is 0. The molecule has 0 aliphatic heterocycles. The molecule has 10 heteroatoms. The van der Waals surface area contributed by atoms with Crippen LogP contribution in [-0.2, 0) is 32.7 Å². The number of quaternary nitrogens is 1. The molecule has 0 saturated heterocycles. The lowest BCUT2D eigenvalue weighted by Crippen LogP contribution is -2.37. The highest BCUT2D eigenvalue weighted by atomic mass is 31.2. The molecule has 0 amide bonds. The van der Waals surface area contributed by atoms with Gasteiger partial charge in [0.05, 0.1) is 27.7 Å². The van der Waals surface area contributed by atoms with Crippen LogP contribution in [0.4, 0.5) is 0 Å². The van der Waals surface area contributed by atoms with Crippen molar-refractivity contribution in [2.75, 3.05) is 47.5 Å². The third-order valence-electron chi connectivity index (χ3n) is 19.1. The summed E-state index contributed by atoms with van der Waals surface area (Å²) in [7, 11) is 1.49. The lowest BCUT2D eigenvalue weighted by Gasteiger charge is -2.24. The molecular formula is C90H165NO8P+. The minimum atomic E-state index is -4.40. The number of hydrogen-bond acceptors (Lipinski definition) is 7. The van der Waals surface area contributed by atoms with Gasteiger partial charge in [0.15, 0.2) is 6.10 Å². The van der Waals surface area contributed by atoms with E-state index in [1.54, 1.807) is 0 Å². The van der Waals surface area contributed by atoms with Crippen molar-refractivity contribution >= 4 is 19.8 Å². The Morgan fingerprint density at radius 3 is 0.860 bits per heavy atom. The van der Waals surface area contributed by atoms with Gasteiger partial charge in [-0.15, -0.1) is 0 Å². The van der Waals surface area contributed by atoms with Crippen LogP contribution in [0.2, 0.25) is 0 Å². The summed E-state index contributed by atoms with van der Waals surface area (Å²) in [4.78, 5) is 36.0. The Hall–Kier alpha value is -3.07. The van der Waals surface area contributed by atoms with Crippen molar-refractivity contribution in [2.45, 2.75) is 418 Å². The largest absolute Gasteiger partial charge is 0.472 e. The van der Waals surface area contributed by atoms with Gasteiger partial charge in [0, 0.05) is 12.8 Å². The van der Waals surface area contributed by atoms with Crippen LogP contribution in [0.1, 0.15) is 412 Å². The summed E-state index contributed by atoms with van der Waals surface area (Å²) in [6.07, 6.45) is 113. The van der Waals surface area contributed by atoms with Crippen molar-refractivity contribution in [2.24, 2.45) is 0 Å². The number of esters is 2. The van der Waals surface area contributed by atoms with Crippen molar-refractivity contribution in [3.8, 4) is 0 Å². The number of phosphoric ester groups is 1. The van der Waals surface area contributed by atoms with E-state index in [0.29, 0.717) is 23.9 Å². The Kier molecular flexibility index (Phi) is 77.6. The molecule has 2 unspecified atom stereocenters. The molecule has 0 fully saturated rings. The van der Waals surface area contributed by atoms with Crippen molar-refractivity contribution in [1.29, 1.82) is 0 Å². The van der Waals surface area contributed by atoms with Crippen molar-refractivity contribution in [3.05, 3.63) is 97.2 Å². The van der Waals surface area contributed by atoms with E-state index < -0.39 is 26.5 Å². The molecule has 0 aromatic rings. The molecule has 0 rings (SSSR count). The van der Waals surface area contributed by atoms with E-state index in [-0.39, 0.29) is 25.6 Å². The predicted molar refractivity (Wildman–Crippen MR) is 436 cm³/mol. The maximum atomic E-state index is 12.9. The van der Waals surface area contributed by atoms with E-state index in [2.05, 4.69) is 111 Å². The molecule has 0 aromatic carbocycles. The van der Waals surface area contributed by atoms with E-state index in [9.17, 15) is 19.0 Å². The van der Waals surface area contributed by atoms with Gasteiger partial charge >= 0.3 is 19.8 Å². The minimum absolute atomic E-state index is 0.0324. The quantitative estimate of drug-likeness (QED) is 0.0211. The fraction of sp³-hybridized carbons (Fsp3) is 0.800. The van der Waals surface area contributed by atoms with Crippen molar-refractivity contribution in [1.82, 2.24) is 0 Å². The fourth-order valence-electron chi connectivity index (χ4n) is 12.6. The van der Waals surface area contributed by atoms with Gasteiger partial charge in [-0.3, -0.25) is 18.6 Å². The first-order valence-corrected chi connectivity index (χ1v) is 44.5. The van der Waals surface area contributed by atoms with Gasteiger partial charge in [-0.1, -0.05) is 400 Å².